The molecule has 0 heterocycles. The molecular weight excluding hydrogens is 132 g/mol. The molecule has 58 valence electrons. The Morgan fingerprint density at radius 2 is 1.73 bits per heavy atom. The number of hydrogen-bond acceptors (Lipinski definition) is 0. The van der Waals surface area contributed by atoms with Crippen LogP contribution in [0.4, 0.5) is 0 Å². The van der Waals surface area contributed by atoms with E-state index in [1.807, 2.05) is 25.2 Å². The molecule has 0 aromatic carbocycles. The highest BCUT2D eigenvalue weighted by atomic mass is 13.9. The molecule has 0 spiro atoms. The number of hydrogen-bond donors (Lipinski definition) is 0. The van der Waals surface area contributed by atoms with Crippen LogP contribution in [0.1, 0.15) is 6.92 Å². The van der Waals surface area contributed by atoms with E-state index in [1.54, 1.807) is 12.2 Å². The van der Waals surface area contributed by atoms with Crippen molar-refractivity contribution in [3.05, 3.63) is 61.3 Å². The van der Waals surface area contributed by atoms with Crippen molar-refractivity contribution in [2.24, 2.45) is 0 Å². The van der Waals surface area contributed by atoms with Crippen LogP contribution >= 0.6 is 0 Å². The van der Waals surface area contributed by atoms with Crippen LogP contribution in [-0.4, -0.2) is 0 Å². The molecule has 0 rings (SSSR count). The Morgan fingerprint density at radius 1 is 1.09 bits per heavy atom. The van der Waals surface area contributed by atoms with Crippen LogP contribution in [-0.2, 0) is 0 Å². The van der Waals surface area contributed by atoms with Crippen LogP contribution in [0, 0.1) is 0 Å². The van der Waals surface area contributed by atoms with E-state index in [1.165, 1.54) is 0 Å². The molecule has 0 aromatic heterocycles. The molecule has 0 aliphatic heterocycles. The summed E-state index contributed by atoms with van der Waals surface area (Å²) in [5, 5.41) is 0. The first kappa shape index (κ1) is 9.70. The molecule has 0 unspecified atom stereocenters. The van der Waals surface area contributed by atoms with Gasteiger partial charge in [-0.25, -0.2) is 0 Å². The van der Waals surface area contributed by atoms with Crippen LogP contribution in [0.5, 0.6) is 0 Å². The van der Waals surface area contributed by atoms with E-state index in [4.69, 9.17) is 0 Å². The second kappa shape index (κ2) is 5.48. The minimum atomic E-state index is 1.08. The van der Waals surface area contributed by atoms with E-state index in [-0.39, 0.29) is 0 Å². The van der Waals surface area contributed by atoms with Gasteiger partial charge in [0.15, 0.2) is 0 Å². The molecule has 0 amide bonds. The summed E-state index contributed by atoms with van der Waals surface area (Å²) >= 11 is 0. The summed E-state index contributed by atoms with van der Waals surface area (Å²) in [6.45, 7) is 12.9. The standard InChI is InChI=1S/C11H14/c1-5-8-9-11(7-3)10(4)6-2/h5-9H,1-3H2,4H3/b9-8-,11-10+. The molecule has 0 saturated heterocycles. The summed E-state index contributed by atoms with van der Waals surface area (Å²) < 4.78 is 0. The van der Waals surface area contributed by atoms with Gasteiger partial charge in [0.2, 0.25) is 0 Å². The normalized spacial score (nSPS) is 12.5. The van der Waals surface area contributed by atoms with Crippen molar-refractivity contribution in [2.45, 2.75) is 6.92 Å². The zero-order chi connectivity index (χ0) is 8.69. The second-order valence-electron chi connectivity index (χ2n) is 2.14. The van der Waals surface area contributed by atoms with Crippen molar-refractivity contribution in [3.63, 3.8) is 0 Å². The van der Waals surface area contributed by atoms with Crippen LogP contribution in [0.15, 0.2) is 61.3 Å². The predicted molar refractivity (Wildman–Crippen MR) is 52.4 cm³/mol. The Bertz CT molecular complexity index is 214. The van der Waals surface area contributed by atoms with Gasteiger partial charge in [-0.1, -0.05) is 50.1 Å². The summed E-state index contributed by atoms with van der Waals surface area (Å²) in [5.41, 5.74) is 2.21. The van der Waals surface area contributed by atoms with Crippen molar-refractivity contribution in [1.82, 2.24) is 0 Å². The third kappa shape index (κ3) is 3.41. The van der Waals surface area contributed by atoms with Gasteiger partial charge in [0.05, 0.1) is 0 Å². The zero-order valence-electron chi connectivity index (χ0n) is 7.01. The molecule has 0 N–H and O–H groups in total. The van der Waals surface area contributed by atoms with Crippen molar-refractivity contribution in [2.75, 3.05) is 0 Å². The van der Waals surface area contributed by atoms with E-state index in [0.717, 1.165) is 11.1 Å². The van der Waals surface area contributed by atoms with Crippen LogP contribution in [0.2, 0.25) is 0 Å². The molecule has 0 aliphatic carbocycles. The summed E-state index contributed by atoms with van der Waals surface area (Å²) in [6.07, 6.45) is 9.18. The largest absolute Gasteiger partial charge is 0.0991 e. The van der Waals surface area contributed by atoms with Crippen LogP contribution in [0.25, 0.3) is 0 Å². The van der Waals surface area contributed by atoms with E-state index < -0.39 is 0 Å². The average Bonchev–Trinajstić information content (AvgIpc) is 2.05. The lowest BCUT2D eigenvalue weighted by atomic mass is 10.1. The third-order valence-electron chi connectivity index (χ3n) is 1.39. The first-order valence-electron chi connectivity index (χ1n) is 3.51. The average molecular weight is 146 g/mol. The van der Waals surface area contributed by atoms with Gasteiger partial charge in [0.1, 0.15) is 0 Å². The predicted octanol–water partition coefficient (Wildman–Crippen LogP) is 3.42. The molecule has 0 radical (unpaired) electrons. The van der Waals surface area contributed by atoms with Gasteiger partial charge in [-0.05, 0) is 18.1 Å². The molecule has 0 nitrogen and oxygen atoms in total. The summed E-state index contributed by atoms with van der Waals surface area (Å²) in [7, 11) is 0. The van der Waals surface area contributed by atoms with Crippen molar-refractivity contribution in [3.8, 4) is 0 Å². The molecule has 11 heavy (non-hydrogen) atoms. The Hall–Kier alpha value is -1.30. The lowest BCUT2D eigenvalue weighted by molar-refractivity contribution is 1.46. The maximum atomic E-state index is 3.69. The zero-order valence-corrected chi connectivity index (χ0v) is 7.01. The lowest BCUT2D eigenvalue weighted by Gasteiger charge is -1.95. The van der Waals surface area contributed by atoms with Crippen LogP contribution < -0.4 is 0 Å². The highest BCUT2D eigenvalue weighted by Gasteiger charge is 1.87. The first-order valence-corrected chi connectivity index (χ1v) is 3.51. The smallest absolute Gasteiger partial charge is 0.0233 e. The molecule has 0 saturated carbocycles. The van der Waals surface area contributed by atoms with E-state index in [0.29, 0.717) is 0 Å². The minimum Gasteiger partial charge on any atom is -0.0991 e. The SMILES string of the molecule is C=C/C=C\C(C=C)=C(/C)C=C. The van der Waals surface area contributed by atoms with E-state index in [2.05, 4.69) is 19.7 Å². The molecule has 0 bridgehead atoms. The minimum absolute atomic E-state index is 1.08. The van der Waals surface area contributed by atoms with E-state index in [9.17, 15) is 0 Å². The topological polar surface area (TPSA) is 0 Å². The van der Waals surface area contributed by atoms with Gasteiger partial charge in [-0.2, -0.15) is 0 Å². The quantitative estimate of drug-likeness (QED) is 0.533. The number of allylic oxidation sites excluding steroid dienone is 7. The van der Waals surface area contributed by atoms with Gasteiger partial charge < -0.3 is 0 Å². The first-order chi connectivity index (χ1) is 5.26. The van der Waals surface area contributed by atoms with Gasteiger partial charge >= 0.3 is 0 Å². The highest BCUT2D eigenvalue weighted by Crippen LogP contribution is 2.07. The molecule has 0 fully saturated rings. The van der Waals surface area contributed by atoms with Gasteiger partial charge in [-0.3, -0.25) is 0 Å². The Balaban J connectivity index is 4.64. The van der Waals surface area contributed by atoms with Crippen molar-refractivity contribution in [1.29, 1.82) is 0 Å². The summed E-state index contributed by atoms with van der Waals surface area (Å²) in [6, 6.07) is 0. The maximum Gasteiger partial charge on any atom is -0.0233 e. The van der Waals surface area contributed by atoms with Crippen LogP contribution in [0.3, 0.4) is 0 Å². The van der Waals surface area contributed by atoms with Gasteiger partial charge in [0.25, 0.3) is 0 Å². The molecule has 0 aromatic rings. The van der Waals surface area contributed by atoms with Crippen molar-refractivity contribution >= 4 is 0 Å². The van der Waals surface area contributed by atoms with Gasteiger partial charge in [0, 0.05) is 0 Å². The fourth-order valence-electron chi connectivity index (χ4n) is 0.650. The van der Waals surface area contributed by atoms with Gasteiger partial charge in [-0.15, -0.1) is 0 Å². The Kier molecular flexibility index (Phi) is 4.83. The summed E-state index contributed by atoms with van der Waals surface area (Å²) in [5.74, 6) is 0. The Labute approximate surface area is 68.9 Å². The molecular formula is C11H14. The van der Waals surface area contributed by atoms with E-state index >= 15 is 0 Å². The fourth-order valence-corrected chi connectivity index (χ4v) is 0.650. The number of rotatable bonds is 4. The Morgan fingerprint density at radius 3 is 2.09 bits per heavy atom. The monoisotopic (exact) mass is 146 g/mol. The fraction of sp³-hybridized carbons (Fsp3) is 0.0909. The summed E-state index contributed by atoms with van der Waals surface area (Å²) in [4.78, 5) is 0. The second-order valence-corrected chi connectivity index (χ2v) is 2.14. The molecule has 0 aliphatic rings. The maximum absolute atomic E-state index is 3.69. The lowest BCUT2D eigenvalue weighted by Crippen LogP contribution is -1.75. The van der Waals surface area contributed by atoms with Crippen molar-refractivity contribution < 1.29 is 0 Å². The molecule has 0 atom stereocenters. The third-order valence-corrected chi connectivity index (χ3v) is 1.39. The molecule has 0 heteroatoms. The highest BCUT2D eigenvalue weighted by molar-refractivity contribution is 5.39.